The van der Waals surface area contributed by atoms with E-state index in [9.17, 15) is 18.0 Å². The van der Waals surface area contributed by atoms with Crippen molar-refractivity contribution in [3.05, 3.63) is 82.5 Å². The van der Waals surface area contributed by atoms with Gasteiger partial charge in [-0.25, -0.2) is 4.98 Å². The molecule has 0 saturated heterocycles. The lowest BCUT2D eigenvalue weighted by Crippen LogP contribution is -2.27. The summed E-state index contributed by atoms with van der Waals surface area (Å²) in [4.78, 5) is 28.9. The molecule has 3 heterocycles. The lowest BCUT2D eigenvalue weighted by molar-refractivity contribution is -0.136. The first-order chi connectivity index (χ1) is 16.2. The summed E-state index contributed by atoms with van der Waals surface area (Å²) in [5.41, 5.74) is 5.79. The number of pyridine rings is 1. The maximum absolute atomic E-state index is 13.7. The van der Waals surface area contributed by atoms with Crippen LogP contribution in [0, 0.1) is 0 Å². The maximum atomic E-state index is 13.7. The third-order valence-electron chi connectivity index (χ3n) is 5.49. The minimum Gasteiger partial charge on any atom is -0.368 e. The molecule has 0 saturated carbocycles. The number of aromatic nitrogens is 5. The molecule has 3 aromatic heterocycles. The third-order valence-corrected chi connectivity index (χ3v) is 5.49. The predicted molar refractivity (Wildman–Crippen MR) is 123 cm³/mol. The number of aromatic amines is 1. The summed E-state index contributed by atoms with van der Waals surface area (Å²) in [6.45, 7) is 1.77. The van der Waals surface area contributed by atoms with Gasteiger partial charge in [0.05, 0.1) is 23.3 Å². The monoisotopic (exact) mass is 465 g/mol. The highest BCUT2D eigenvalue weighted by molar-refractivity contribution is 5.87. The van der Waals surface area contributed by atoms with Gasteiger partial charge in [-0.05, 0) is 36.6 Å². The number of nitrogens with zero attached hydrogens (tertiary/aromatic N) is 4. The van der Waals surface area contributed by atoms with Gasteiger partial charge in [0.25, 0.3) is 5.56 Å². The highest BCUT2D eigenvalue weighted by Crippen LogP contribution is 2.35. The smallest absolute Gasteiger partial charge is 0.368 e. The summed E-state index contributed by atoms with van der Waals surface area (Å²) >= 11 is 0. The molecule has 1 atom stereocenters. The van der Waals surface area contributed by atoms with Gasteiger partial charge in [0.1, 0.15) is 5.52 Å². The van der Waals surface area contributed by atoms with E-state index in [0.29, 0.717) is 28.4 Å². The van der Waals surface area contributed by atoms with Crippen LogP contribution in [0.2, 0.25) is 0 Å². The molecular weight excluding hydrogens is 447 g/mol. The molecule has 0 spiro atoms. The molecular formula is C23H18F3N7O. The second-order valence-corrected chi connectivity index (χ2v) is 7.71. The maximum Gasteiger partial charge on any atom is 0.417 e. The van der Waals surface area contributed by atoms with Crippen LogP contribution in [0.5, 0.6) is 0 Å². The Kier molecular flexibility index (Phi) is 4.96. The Bertz CT molecular complexity index is 1580. The summed E-state index contributed by atoms with van der Waals surface area (Å²) < 4.78 is 42.5. The fraction of sp³-hybridized carbons (Fsp3) is 0.130. The lowest BCUT2D eigenvalue weighted by atomic mass is 10.0. The highest BCUT2D eigenvalue weighted by Gasteiger charge is 2.34. The van der Waals surface area contributed by atoms with E-state index in [4.69, 9.17) is 5.73 Å². The lowest BCUT2D eigenvalue weighted by Gasteiger charge is -2.22. The summed E-state index contributed by atoms with van der Waals surface area (Å²) in [7, 11) is 0. The molecule has 5 rings (SSSR count). The molecule has 2 aromatic carbocycles. The topological polar surface area (TPSA) is 115 Å². The van der Waals surface area contributed by atoms with E-state index >= 15 is 0 Å². The first-order valence-electron chi connectivity index (χ1n) is 10.3. The Hall–Kier alpha value is -4.41. The normalized spacial score (nSPS) is 12.8. The van der Waals surface area contributed by atoms with E-state index in [2.05, 4.69) is 25.3 Å². The van der Waals surface area contributed by atoms with Crippen LogP contribution < -0.4 is 16.6 Å². The van der Waals surface area contributed by atoms with Crippen LogP contribution in [0.1, 0.15) is 24.2 Å². The van der Waals surface area contributed by atoms with Crippen molar-refractivity contribution in [2.75, 3.05) is 11.1 Å². The number of nitrogens with one attached hydrogen (secondary N) is 2. The number of anilines is 2. The largest absolute Gasteiger partial charge is 0.417 e. The van der Waals surface area contributed by atoms with E-state index < -0.39 is 28.7 Å². The molecule has 34 heavy (non-hydrogen) atoms. The minimum absolute atomic E-state index is 0.00285. The molecule has 0 aliphatic carbocycles. The Labute approximate surface area is 190 Å². The zero-order chi connectivity index (χ0) is 24.0. The molecule has 0 radical (unpaired) electrons. The molecule has 0 unspecified atom stereocenters. The van der Waals surface area contributed by atoms with Crippen LogP contribution >= 0.6 is 0 Å². The number of benzene rings is 2. The van der Waals surface area contributed by atoms with E-state index in [1.807, 2.05) is 0 Å². The second kappa shape index (κ2) is 7.87. The predicted octanol–water partition coefficient (Wildman–Crippen LogP) is 4.43. The second-order valence-electron chi connectivity index (χ2n) is 7.71. The number of rotatable bonds is 4. The first-order valence-corrected chi connectivity index (χ1v) is 10.3. The van der Waals surface area contributed by atoms with E-state index in [0.717, 1.165) is 6.07 Å². The molecule has 0 amide bonds. The molecule has 0 fully saturated rings. The van der Waals surface area contributed by atoms with Gasteiger partial charge in [-0.2, -0.15) is 23.1 Å². The van der Waals surface area contributed by atoms with Gasteiger partial charge in [-0.15, -0.1) is 0 Å². The zero-order valence-electron chi connectivity index (χ0n) is 17.8. The minimum atomic E-state index is -4.68. The van der Waals surface area contributed by atoms with Gasteiger partial charge in [0, 0.05) is 11.4 Å². The zero-order valence-corrected chi connectivity index (χ0v) is 17.8. The molecule has 4 N–H and O–H groups in total. The molecule has 8 nitrogen and oxygen atoms in total. The molecule has 172 valence electrons. The number of halogens is 3. The Morgan fingerprint density at radius 3 is 2.59 bits per heavy atom. The van der Waals surface area contributed by atoms with Crippen LogP contribution in [-0.4, -0.2) is 24.5 Å². The number of H-pyrrole nitrogens is 1. The number of para-hydroxylation sites is 1. The summed E-state index contributed by atoms with van der Waals surface area (Å²) in [6, 6.07) is 13.2. The number of alkyl halides is 3. The van der Waals surface area contributed by atoms with Crippen LogP contribution in [0.15, 0.2) is 65.7 Å². The summed E-state index contributed by atoms with van der Waals surface area (Å²) in [5.74, 6) is 0.354. The fourth-order valence-electron chi connectivity index (χ4n) is 4.01. The van der Waals surface area contributed by atoms with Gasteiger partial charge < -0.3 is 16.0 Å². The van der Waals surface area contributed by atoms with Gasteiger partial charge in [-0.3, -0.25) is 9.36 Å². The van der Waals surface area contributed by atoms with E-state index in [1.165, 1.54) is 23.0 Å². The van der Waals surface area contributed by atoms with E-state index in [-0.39, 0.29) is 11.3 Å². The van der Waals surface area contributed by atoms with Crippen molar-refractivity contribution in [3.8, 4) is 5.69 Å². The first kappa shape index (κ1) is 21.4. The van der Waals surface area contributed by atoms with Crippen LogP contribution in [0.4, 0.5) is 24.9 Å². The number of imidazole rings is 1. The van der Waals surface area contributed by atoms with Gasteiger partial charge >= 0.3 is 6.18 Å². The number of fused-ring (bicyclic) bond motifs is 2. The van der Waals surface area contributed by atoms with Gasteiger partial charge in [-0.1, -0.05) is 30.3 Å². The van der Waals surface area contributed by atoms with E-state index in [1.54, 1.807) is 43.3 Å². The molecule has 11 heteroatoms. The van der Waals surface area contributed by atoms with Crippen molar-refractivity contribution < 1.29 is 13.2 Å². The Balaban J connectivity index is 1.74. The van der Waals surface area contributed by atoms with Crippen molar-refractivity contribution >= 4 is 33.7 Å². The van der Waals surface area contributed by atoms with Crippen molar-refractivity contribution in [2.45, 2.75) is 19.1 Å². The molecule has 0 aliphatic rings. The Morgan fingerprint density at radius 1 is 1.09 bits per heavy atom. The van der Waals surface area contributed by atoms with Crippen LogP contribution in [0.25, 0.3) is 27.6 Å². The summed E-state index contributed by atoms with van der Waals surface area (Å²) in [6.07, 6.45) is -3.23. The number of hydrogen-bond acceptors (Lipinski definition) is 6. The number of nitrogen functional groups attached to an aromatic ring is 1. The fourth-order valence-corrected chi connectivity index (χ4v) is 4.01. The Morgan fingerprint density at radius 2 is 1.85 bits per heavy atom. The molecule has 5 aromatic rings. The standard InChI is InChI=1S/C23H18F3N7O/c1-12(30-20-18-19(29-11-28-18)31-22(27)32-20)16-10-13-6-5-9-15(23(24,25)26)17(13)21(34)33(16)14-7-3-2-4-8-14/h2-12H,1H3,(H4,27,28,29,30,31,32)/t12-/m0/s1. The quantitative estimate of drug-likeness (QED) is 0.362. The van der Waals surface area contributed by atoms with Crippen molar-refractivity contribution in [3.63, 3.8) is 0 Å². The SMILES string of the molecule is C[C@H](Nc1nc(N)nc2nc[nH]c12)c1cc2cccc(C(F)(F)F)c2c(=O)n1-c1ccccc1. The number of hydrogen-bond donors (Lipinski definition) is 3. The van der Waals surface area contributed by atoms with Crippen molar-refractivity contribution in [1.82, 2.24) is 24.5 Å². The molecule has 0 aliphatic heterocycles. The number of nitrogens with two attached hydrogens (primary N) is 1. The average Bonchev–Trinajstić information content (AvgIpc) is 3.27. The average molecular weight is 465 g/mol. The highest BCUT2D eigenvalue weighted by atomic mass is 19.4. The van der Waals surface area contributed by atoms with Gasteiger partial charge in [0.2, 0.25) is 5.95 Å². The van der Waals surface area contributed by atoms with Crippen LogP contribution in [0.3, 0.4) is 0 Å². The van der Waals surface area contributed by atoms with Crippen molar-refractivity contribution in [1.29, 1.82) is 0 Å². The summed E-state index contributed by atoms with van der Waals surface area (Å²) in [5, 5.41) is 2.98. The van der Waals surface area contributed by atoms with Crippen LogP contribution in [-0.2, 0) is 6.18 Å². The van der Waals surface area contributed by atoms with Crippen molar-refractivity contribution in [2.24, 2.45) is 0 Å². The third kappa shape index (κ3) is 3.60. The molecule has 0 bridgehead atoms. The van der Waals surface area contributed by atoms with Gasteiger partial charge in [0.15, 0.2) is 11.5 Å².